The highest BCUT2D eigenvalue weighted by atomic mass is 16.5. The van der Waals surface area contributed by atoms with Crippen molar-refractivity contribution in [3.63, 3.8) is 0 Å². The fourth-order valence-corrected chi connectivity index (χ4v) is 4.96. The third kappa shape index (κ3) is 5.34. The minimum absolute atomic E-state index is 0.0598. The van der Waals surface area contributed by atoms with Crippen LogP contribution in [0.1, 0.15) is 69.9 Å². The van der Waals surface area contributed by atoms with Crippen molar-refractivity contribution >= 4 is 11.8 Å². The average Bonchev–Trinajstić information content (AvgIpc) is 2.85. The van der Waals surface area contributed by atoms with Gasteiger partial charge in [0, 0.05) is 29.0 Å². The lowest BCUT2D eigenvalue weighted by atomic mass is 9.71. The number of hydrogen-bond acceptors (Lipinski definition) is 5. The lowest BCUT2D eigenvalue weighted by molar-refractivity contribution is -0.140. The molecule has 0 spiro atoms. The van der Waals surface area contributed by atoms with Crippen LogP contribution in [0.4, 0.5) is 0 Å². The molecular weight excluding hydrogens is 438 g/mol. The number of carbonyl (C=O) groups is 2. The Labute approximate surface area is 208 Å². The second-order valence-corrected chi connectivity index (χ2v) is 9.81. The van der Waals surface area contributed by atoms with Gasteiger partial charge in [-0.2, -0.15) is 0 Å². The van der Waals surface area contributed by atoms with Gasteiger partial charge in [-0.25, -0.2) is 4.79 Å². The molecule has 2 aliphatic rings. The number of hydrogen-bond donors (Lipinski definition) is 1. The van der Waals surface area contributed by atoms with Crippen LogP contribution >= 0.6 is 0 Å². The molecule has 1 N–H and O–H groups in total. The van der Waals surface area contributed by atoms with E-state index < -0.39 is 5.92 Å². The van der Waals surface area contributed by atoms with Gasteiger partial charge in [0.15, 0.2) is 5.78 Å². The van der Waals surface area contributed by atoms with Gasteiger partial charge in [-0.1, -0.05) is 69.3 Å². The van der Waals surface area contributed by atoms with Crippen LogP contribution < -0.4 is 10.1 Å². The number of allylic oxidation sites excluding steroid dienone is 3. The number of esters is 1. The lowest BCUT2D eigenvalue weighted by Crippen LogP contribution is -2.36. The van der Waals surface area contributed by atoms with Crippen molar-refractivity contribution in [3.8, 4) is 5.75 Å². The third-order valence-electron chi connectivity index (χ3n) is 6.56. The zero-order valence-corrected chi connectivity index (χ0v) is 21.1. The maximum Gasteiger partial charge on any atom is 0.336 e. The van der Waals surface area contributed by atoms with Crippen molar-refractivity contribution in [1.29, 1.82) is 0 Å². The first-order valence-corrected chi connectivity index (χ1v) is 12.6. The van der Waals surface area contributed by atoms with E-state index in [0.29, 0.717) is 43.0 Å². The first kappa shape index (κ1) is 24.8. The van der Waals surface area contributed by atoms with E-state index in [1.165, 1.54) is 0 Å². The van der Waals surface area contributed by atoms with Gasteiger partial charge in [0.05, 0.1) is 24.7 Å². The first-order valence-electron chi connectivity index (χ1n) is 12.6. The predicted octanol–water partition coefficient (Wildman–Crippen LogP) is 6.04. The Kier molecular flexibility index (Phi) is 7.74. The molecule has 1 aliphatic heterocycles. The number of carbonyl (C=O) groups excluding carboxylic acids is 2. The molecule has 0 fully saturated rings. The van der Waals surface area contributed by atoms with Gasteiger partial charge in [-0.3, -0.25) is 4.79 Å². The molecule has 2 aromatic rings. The number of ether oxygens (including phenoxy) is 2. The number of para-hydroxylation sites is 1. The van der Waals surface area contributed by atoms with E-state index in [4.69, 9.17) is 9.47 Å². The van der Waals surface area contributed by atoms with E-state index in [1.54, 1.807) is 0 Å². The van der Waals surface area contributed by atoms with Gasteiger partial charge >= 0.3 is 5.97 Å². The molecule has 2 aromatic carbocycles. The summed E-state index contributed by atoms with van der Waals surface area (Å²) in [6.45, 7) is 8.86. The third-order valence-corrected chi connectivity index (χ3v) is 6.56. The highest BCUT2D eigenvalue weighted by Crippen LogP contribution is 2.47. The Hall–Kier alpha value is -3.34. The number of ketones is 1. The fourth-order valence-electron chi connectivity index (χ4n) is 4.96. The van der Waals surface area contributed by atoms with Crippen LogP contribution in [0.25, 0.3) is 0 Å². The summed E-state index contributed by atoms with van der Waals surface area (Å²) in [5.74, 6) is 0.168. The molecular formula is C30H35NO4. The normalized spacial score (nSPS) is 20.0. The molecule has 0 bridgehead atoms. The van der Waals surface area contributed by atoms with E-state index in [-0.39, 0.29) is 23.6 Å². The molecule has 5 heteroatoms. The zero-order chi connectivity index (χ0) is 24.9. The van der Waals surface area contributed by atoms with E-state index >= 15 is 0 Å². The molecule has 0 radical (unpaired) electrons. The second kappa shape index (κ2) is 10.9. The van der Waals surface area contributed by atoms with E-state index in [0.717, 1.165) is 28.9 Å². The van der Waals surface area contributed by atoms with Crippen molar-refractivity contribution in [2.24, 2.45) is 5.92 Å². The van der Waals surface area contributed by atoms with Crippen LogP contribution in [0.15, 0.2) is 77.1 Å². The molecule has 1 heterocycles. The highest BCUT2D eigenvalue weighted by molar-refractivity contribution is 6.04. The standard InChI is InChI=1S/C30H35NO4/c1-5-15-34-26-14-10-9-13-23(26)28-27(30(33)35-18-19(2)3)20(4)31-24-16-22(17-25(32)29(24)28)21-11-7-6-8-12-21/h6-14,19,22,28,31H,5,15-18H2,1-4H3/t22-,28+/m1/s1. The quantitative estimate of drug-likeness (QED) is 0.474. The summed E-state index contributed by atoms with van der Waals surface area (Å²) in [7, 11) is 0. The molecule has 0 aromatic heterocycles. The Morgan fingerprint density at radius 3 is 2.49 bits per heavy atom. The summed E-state index contributed by atoms with van der Waals surface area (Å²) >= 11 is 0. The van der Waals surface area contributed by atoms with Crippen LogP contribution in [0, 0.1) is 5.92 Å². The topological polar surface area (TPSA) is 64.6 Å². The summed E-state index contributed by atoms with van der Waals surface area (Å²) in [5.41, 5.74) is 4.76. The number of rotatable bonds is 8. The maximum absolute atomic E-state index is 13.7. The Balaban J connectivity index is 1.80. The van der Waals surface area contributed by atoms with Gasteiger partial charge in [-0.05, 0) is 43.2 Å². The molecule has 0 saturated heterocycles. The summed E-state index contributed by atoms with van der Waals surface area (Å²) in [4.78, 5) is 27.1. The minimum atomic E-state index is -0.525. The van der Waals surface area contributed by atoms with Crippen LogP contribution in [0.5, 0.6) is 5.75 Å². The van der Waals surface area contributed by atoms with Crippen LogP contribution in [0.2, 0.25) is 0 Å². The molecule has 0 saturated carbocycles. The molecule has 2 atom stereocenters. The van der Waals surface area contributed by atoms with Gasteiger partial charge in [-0.15, -0.1) is 0 Å². The van der Waals surface area contributed by atoms with Crippen molar-refractivity contribution in [3.05, 3.63) is 88.3 Å². The van der Waals surface area contributed by atoms with E-state index in [2.05, 4.69) is 24.4 Å². The maximum atomic E-state index is 13.7. The summed E-state index contributed by atoms with van der Waals surface area (Å²) in [6, 6.07) is 17.9. The second-order valence-electron chi connectivity index (χ2n) is 9.81. The molecule has 0 amide bonds. The SMILES string of the molecule is CCCOc1ccccc1[C@H]1C(C(=O)OCC(C)C)=C(C)NC2=C1C(=O)C[C@H](c1ccccc1)C2. The van der Waals surface area contributed by atoms with Crippen LogP contribution in [-0.4, -0.2) is 25.0 Å². The largest absolute Gasteiger partial charge is 0.493 e. The van der Waals surface area contributed by atoms with Crippen molar-refractivity contribution < 1.29 is 19.1 Å². The Morgan fingerprint density at radius 1 is 1.06 bits per heavy atom. The molecule has 35 heavy (non-hydrogen) atoms. The van der Waals surface area contributed by atoms with Crippen molar-refractivity contribution in [1.82, 2.24) is 5.32 Å². The lowest BCUT2D eigenvalue weighted by Gasteiger charge is -2.37. The smallest absolute Gasteiger partial charge is 0.336 e. The minimum Gasteiger partial charge on any atom is -0.493 e. The molecule has 1 aliphatic carbocycles. The average molecular weight is 474 g/mol. The number of dihydropyridines is 1. The molecule has 5 nitrogen and oxygen atoms in total. The van der Waals surface area contributed by atoms with E-state index in [1.807, 2.05) is 63.2 Å². The molecule has 0 unspecified atom stereocenters. The summed E-state index contributed by atoms with van der Waals surface area (Å²) in [6.07, 6.45) is 1.99. The number of nitrogens with one attached hydrogen (secondary N) is 1. The molecule has 184 valence electrons. The van der Waals surface area contributed by atoms with E-state index in [9.17, 15) is 9.59 Å². The zero-order valence-electron chi connectivity index (χ0n) is 21.1. The highest BCUT2D eigenvalue weighted by Gasteiger charge is 2.42. The number of benzene rings is 2. The Bertz CT molecular complexity index is 1150. The molecule has 4 rings (SSSR count). The van der Waals surface area contributed by atoms with Crippen molar-refractivity contribution in [2.75, 3.05) is 13.2 Å². The van der Waals surface area contributed by atoms with Gasteiger partial charge in [0.1, 0.15) is 5.75 Å². The van der Waals surface area contributed by atoms with Gasteiger partial charge < -0.3 is 14.8 Å². The van der Waals surface area contributed by atoms with Crippen LogP contribution in [0.3, 0.4) is 0 Å². The first-order chi connectivity index (χ1) is 16.9. The van der Waals surface area contributed by atoms with Crippen molar-refractivity contribution in [2.45, 2.75) is 58.8 Å². The fraction of sp³-hybridized carbons (Fsp3) is 0.400. The predicted molar refractivity (Wildman–Crippen MR) is 137 cm³/mol. The summed E-state index contributed by atoms with van der Waals surface area (Å²) < 4.78 is 11.8. The van der Waals surface area contributed by atoms with Gasteiger partial charge in [0.25, 0.3) is 0 Å². The Morgan fingerprint density at radius 2 is 1.77 bits per heavy atom. The number of Topliss-reactive ketones (excluding diaryl/α,β-unsaturated/α-hetero) is 1. The van der Waals surface area contributed by atoms with Crippen LogP contribution in [-0.2, 0) is 14.3 Å². The van der Waals surface area contributed by atoms with Gasteiger partial charge in [0.2, 0.25) is 0 Å². The summed E-state index contributed by atoms with van der Waals surface area (Å²) in [5, 5.41) is 3.43. The monoisotopic (exact) mass is 473 g/mol.